The number of rotatable bonds is 0. The molecule has 0 aliphatic carbocycles. The molecule has 1 N–H and O–H groups in total. The van der Waals surface area contributed by atoms with E-state index < -0.39 is 19.2 Å². The van der Waals surface area contributed by atoms with Crippen molar-refractivity contribution in [2.24, 2.45) is 0 Å². The molecule has 0 fully saturated rings. The van der Waals surface area contributed by atoms with Crippen molar-refractivity contribution < 1.29 is 4.21 Å². The van der Waals surface area contributed by atoms with Crippen molar-refractivity contribution in [1.29, 1.82) is 4.78 Å². The fraction of sp³-hybridized carbons (Fsp3) is 1.00. The summed E-state index contributed by atoms with van der Waals surface area (Å²) in [5.41, 5.74) is 0. The number of hydrogen-bond acceptors (Lipinski definition) is 2. The summed E-state index contributed by atoms with van der Waals surface area (Å²) in [5.74, 6) is 0. The largest absolute Gasteiger partial charge is 0.252 e. The standard InChI is InChI=1S/C8H19NOS/c1-7(2,3)11(9,10)8(4,5)6/h9H,1-6H3. The quantitative estimate of drug-likeness (QED) is 0.607. The molecule has 0 unspecified atom stereocenters. The average Bonchev–Trinajstić information content (AvgIpc) is 1.58. The Labute approximate surface area is 70.4 Å². The SMILES string of the molecule is CC(C)(C)S(=N)(=O)C(C)(C)C. The van der Waals surface area contributed by atoms with Crippen LogP contribution in [0.1, 0.15) is 41.5 Å². The first kappa shape index (κ1) is 11.0. The highest BCUT2D eigenvalue weighted by Crippen LogP contribution is 2.28. The molecule has 68 valence electrons. The van der Waals surface area contributed by atoms with Crippen molar-refractivity contribution in [2.45, 2.75) is 51.0 Å². The molecule has 2 nitrogen and oxygen atoms in total. The van der Waals surface area contributed by atoms with Crippen LogP contribution in [0, 0.1) is 4.78 Å². The smallest absolute Gasteiger partial charge is 0.0541 e. The second-order valence-electron chi connectivity index (χ2n) is 4.78. The average molecular weight is 177 g/mol. The summed E-state index contributed by atoms with van der Waals surface area (Å²) in [6, 6.07) is 0. The lowest BCUT2D eigenvalue weighted by molar-refractivity contribution is 0.597. The molecule has 0 saturated carbocycles. The van der Waals surface area contributed by atoms with Crippen LogP contribution in [-0.2, 0) is 9.73 Å². The fourth-order valence-electron chi connectivity index (χ4n) is 0.919. The van der Waals surface area contributed by atoms with E-state index in [2.05, 4.69) is 0 Å². The fourth-order valence-corrected chi connectivity index (χ4v) is 2.76. The molecule has 0 amide bonds. The van der Waals surface area contributed by atoms with Gasteiger partial charge in [0, 0.05) is 9.49 Å². The van der Waals surface area contributed by atoms with Crippen molar-refractivity contribution in [2.75, 3.05) is 0 Å². The maximum Gasteiger partial charge on any atom is 0.0541 e. The molecule has 0 saturated heterocycles. The molecule has 11 heavy (non-hydrogen) atoms. The van der Waals surface area contributed by atoms with E-state index in [1.807, 2.05) is 41.5 Å². The highest BCUT2D eigenvalue weighted by molar-refractivity contribution is 7.95. The lowest BCUT2D eigenvalue weighted by Crippen LogP contribution is -2.40. The minimum atomic E-state index is -2.51. The Morgan fingerprint density at radius 1 is 0.909 bits per heavy atom. The molecule has 0 aliphatic heterocycles. The van der Waals surface area contributed by atoms with E-state index in [9.17, 15) is 4.21 Å². The van der Waals surface area contributed by atoms with E-state index in [1.54, 1.807) is 0 Å². The van der Waals surface area contributed by atoms with Crippen LogP contribution in [-0.4, -0.2) is 13.7 Å². The first-order valence-corrected chi connectivity index (χ1v) is 5.34. The molecule has 0 heterocycles. The highest BCUT2D eigenvalue weighted by atomic mass is 32.2. The predicted octanol–water partition coefficient (Wildman–Crippen LogP) is 2.63. The zero-order valence-corrected chi connectivity index (χ0v) is 9.13. The van der Waals surface area contributed by atoms with Crippen molar-refractivity contribution >= 4 is 9.73 Å². The zero-order chi connectivity index (χ0) is 9.50. The topological polar surface area (TPSA) is 40.9 Å². The molecule has 0 spiro atoms. The molecule has 0 atom stereocenters. The minimum absolute atomic E-state index is 0.425. The van der Waals surface area contributed by atoms with Crippen LogP contribution in [0.3, 0.4) is 0 Å². The van der Waals surface area contributed by atoms with E-state index in [1.165, 1.54) is 0 Å². The molecule has 0 rings (SSSR count). The van der Waals surface area contributed by atoms with E-state index >= 15 is 0 Å². The van der Waals surface area contributed by atoms with Crippen LogP contribution < -0.4 is 0 Å². The summed E-state index contributed by atoms with van der Waals surface area (Å²) >= 11 is 0. The Balaban J connectivity index is 5.11. The Kier molecular flexibility index (Phi) is 2.46. The Hall–Kier alpha value is -0.0500. The number of hydrogen-bond donors (Lipinski definition) is 1. The molecule has 0 aromatic rings. The van der Waals surface area contributed by atoms with Gasteiger partial charge >= 0.3 is 0 Å². The van der Waals surface area contributed by atoms with Crippen molar-refractivity contribution in [1.82, 2.24) is 0 Å². The third-order valence-corrected chi connectivity index (χ3v) is 5.17. The Morgan fingerprint density at radius 3 is 1.09 bits per heavy atom. The third-order valence-electron chi connectivity index (χ3n) is 1.72. The van der Waals surface area contributed by atoms with Crippen LogP contribution in [0.15, 0.2) is 0 Å². The summed E-state index contributed by atoms with van der Waals surface area (Å²) in [5, 5.41) is 0. The Bertz CT molecular complexity index is 206. The summed E-state index contributed by atoms with van der Waals surface area (Å²) in [7, 11) is -2.51. The van der Waals surface area contributed by atoms with Crippen LogP contribution >= 0.6 is 0 Å². The van der Waals surface area contributed by atoms with E-state index in [0.717, 1.165) is 0 Å². The summed E-state index contributed by atoms with van der Waals surface area (Å²) < 4.78 is 18.8. The van der Waals surface area contributed by atoms with E-state index in [4.69, 9.17) is 4.78 Å². The van der Waals surface area contributed by atoms with Gasteiger partial charge in [0.05, 0.1) is 9.73 Å². The van der Waals surface area contributed by atoms with Gasteiger partial charge in [-0.15, -0.1) is 0 Å². The first-order chi connectivity index (χ1) is 4.50. The maximum absolute atomic E-state index is 11.9. The van der Waals surface area contributed by atoms with Gasteiger partial charge in [-0.25, -0.2) is 4.21 Å². The van der Waals surface area contributed by atoms with Gasteiger partial charge in [-0.3, -0.25) is 4.78 Å². The normalized spacial score (nSPS) is 15.1. The molecule has 3 heteroatoms. The van der Waals surface area contributed by atoms with Gasteiger partial charge in [0.15, 0.2) is 0 Å². The lowest BCUT2D eigenvalue weighted by atomic mass is 10.2. The first-order valence-electron chi connectivity index (χ1n) is 3.78. The van der Waals surface area contributed by atoms with Crippen LogP contribution in [0.5, 0.6) is 0 Å². The molecule has 0 aromatic carbocycles. The lowest BCUT2D eigenvalue weighted by Gasteiger charge is -2.32. The van der Waals surface area contributed by atoms with Crippen LogP contribution in [0.2, 0.25) is 0 Å². The van der Waals surface area contributed by atoms with Crippen molar-refractivity contribution in [3.63, 3.8) is 0 Å². The highest BCUT2D eigenvalue weighted by Gasteiger charge is 2.35. The summed E-state index contributed by atoms with van der Waals surface area (Å²) in [4.78, 5) is 0. The van der Waals surface area contributed by atoms with Crippen LogP contribution in [0.4, 0.5) is 0 Å². The Morgan fingerprint density at radius 2 is 1.09 bits per heavy atom. The predicted molar refractivity (Wildman–Crippen MR) is 50.4 cm³/mol. The van der Waals surface area contributed by atoms with Gasteiger partial charge in [-0.1, -0.05) is 0 Å². The summed E-state index contributed by atoms with van der Waals surface area (Å²) in [6.45, 7) is 11.1. The minimum Gasteiger partial charge on any atom is -0.252 e. The second kappa shape index (κ2) is 2.47. The third kappa shape index (κ3) is 1.95. The summed E-state index contributed by atoms with van der Waals surface area (Å²) in [6.07, 6.45) is 0. The van der Waals surface area contributed by atoms with Crippen molar-refractivity contribution in [3.05, 3.63) is 0 Å². The monoisotopic (exact) mass is 177 g/mol. The molecule has 0 aliphatic rings. The van der Waals surface area contributed by atoms with Gasteiger partial charge in [0.25, 0.3) is 0 Å². The molecule has 0 aromatic heterocycles. The van der Waals surface area contributed by atoms with Gasteiger partial charge in [-0.05, 0) is 41.5 Å². The van der Waals surface area contributed by atoms with Crippen LogP contribution in [0.25, 0.3) is 0 Å². The van der Waals surface area contributed by atoms with E-state index in [0.29, 0.717) is 0 Å². The van der Waals surface area contributed by atoms with Gasteiger partial charge in [0.2, 0.25) is 0 Å². The zero-order valence-electron chi connectivity index (χ0n) is 8.32. The van der Waals surface area contributed by atoms with Gasteiger partial charge < -0.3 is 0 Å². The maximum atomic E-state index is 11.9. The number of nitrogens with one attached hydrogen (secondary N) is 1. The van der Waals surface area contributed by atoms with Gasteiger partial charge in [-0.2, -0.15) is 0 Å². The van der Waals surface area contributed by atoms with E-state index in [-0.39, 0.29) is 0 Å². The molecule has 0 radical (unpaired) electrons. The molecular formula is C8H19NOS. The second-order valence-corrected chi connectivity index (χ2v) is 8.34. The molecular weight excluding hydrogens is 158 g/mol. The van der Waals surface area contributed by atoms with Gasteiger partial charge in [0.1, 0.15) is 0 Å². The van der Waals surface area contributed by atoms with Crippen molar-refractivity contribution in [3.8, 4) is 0 Å². The molecule has 0 bridgehead atoms.